The van der Waals surface area contributed by atoms with Gasteiger partial charge in [0, 0.05) is 54.4 Å². The molecule has 0 bridgehead atoms. The van der Waals surface area contributed by atoms with E-state index in [0.29, 0.717) is 22.5 Å². The van der Waals surface area contributed by atoms with Crippen molar-refractivity contribution in [2.75, 3.05) is 18.4 Å². The van der Waals surface area contributed by atoms with E-state index in [-0.39, 0.29) is 24.5 Å². The molecule has 234 valence electrons. The molecule has 8 nitrogen and oxygen atoms in total. The molecule has 3 atom stereocenters. The Balaban J connectivity index is 1.28. The van der Waals surface area contributed by atoms with Crippen molar-refractivity contribution >= 4 is 17.5 Å². The summed E-state index contributed by atoms with van der Waals surface area (Å²) in [5.41, 5.74) is 0.359. The predicted octanol–water partition coefficient (Wildman–Crippen LogP) is 6.20. The first kappa shape index (κ1) is 30.3. The van der Waals surface area contributed by atoms with Crippen LogP contribution in [0.1, 0.15) is 47.1 Å². The Kier molecular flexibility index (Phi) is 7.42. The van der Waals surface area contributed by atoms with Gasteiger partial charge in [-0.25, -0.2) is 4.68 Å². The Bertz CT molecular complexity index is 1740. The molecule has 2 aliphatic rings. The average molecular weight is 629 g/mol. The lowest BCUT2D eigenvalue weighted by Gasteiger charge is -2.45. The van der Waals surface area contributed by atoms with Crippen molar-refractivity contribution in [3.8, 4) is 16.9 Å². The van der Waals surface area contributed by atoms with Gasteiger partial charge >= 0.3 is 12.4 Å². The number of rotatable bonds is 4. The molecule has 0 radical (unpaired) electrons. The van der Waals surface area contributed by atoms with E-state index in [2.05, 4.69) is 15.4 Å². The summed E-state index contributed by atoms with van der Waals surface area (Å²) in [6, 6.07) is 10.9. The molecule has 2 aromatic carbocycles. The summed E-state index contributed by atoms with van der Waals surface area (Å²) in [5.74, 6) is -0.859. The van der Waals surface area contributed by atoms with Gasteiger partial charge in [0.05, 0.1) is 22.5 Å². The summed E-state index contributed by atoms with van der Waals surface area (Å²) in [7, 11) is 0. The van der Waals surface area contributed by atoms with Gasteiger partial charge in [-0.15, -0.1) is 0 Å². The van der Waals surface area contributed by atoms with Crippen LogP contribution in [0.4, 0.5) is 32.0 Å². The molecule has 6 rings (SSSR count). The molecule has 14 heteroatoms. The van der Waals surface area contributed by atoms with E-state index in [4.69, 9.17) is 0 Å². The van der Waals surface area contributed by atoms with Crippen LogP contribution < -0.4 is 5.32 Å². The fraction of sp³-hybridized carbons (Fsp3) is 0.290. The predicted molar refractivity (Wildman–Crippen MR) is 151 cm³/mol. The SMILES string of the molecule is CC1CN(C2C(=O)Nc3cc(C(F)(F)F)ccc32)C[C@H](C)N1C(=O)c1cc(-c2ccncc2)n(-c2ccc(C(F)(F)F)cc2)n1. The number of carbonyl (C=O) groups excluding carboxylic acids is 2. The summed E-state index contributed by atoms with van der Waals surface area (Å²) in [5, 5.41) is 7.07. The van der Waals surface area contributed by atoms with Gasteiger partial charge in [0.1, 0.15) is 6.04 Å². The highest BCUT2D eigenvalue weighted by Crippen LogP contribution is 2.41. The Morgan fingerprint density at radius 1 is 0.844 bits per heavy atom. The molecule has 0 saturated carbocycles. The molecule has 1 N–H and O–H groups in total. The topological polar surface area (TPSA) is 83.4 Å². The van der Waals surface area contributed by atoms with E-state index in [9.17, 15) is 35.9 Å². The number of halogens is 6. The van der Waals surface area contributed by atoms with Crippen LogP contribution in [0.25, 0.3) is 16.9 Å². The molecular weight excluding hydrogens is 602 g/mol. The standard InChI is InChI=1S/C31H26F6N6O2/c1-17-15-41(27-23-8-5-21(31(35,36)37)13-24(23)39-28(27)44)16-18(2)42(17)29(45)25-14-26(19-9-11-38-12-10-19)43(40-25)22-6-3-20(4-7-22)30(32,33)34/h3-14,17-18,27H,15-16H2,1-2H3,(H,39,44)/t17-,18?,27?/m0/s1. The molecule has 2 unspecified atom stereocenters. The number of benzene rings is 2. The minimum atomic E-state index is -4.55. The van der Waals surface area contributed by atoms with Crippen molar-refractivity contribution in [2.45, 2.75) is 44.3 Å². The lowest BCUT2D eigenvalue weighted by atomic mass is 10.00. The number of aromatic nitrogens is 3. The molecule has 45 heavy (non-hydrogen) atoms. The lowest BCUT2D eigenvalue weighted by Crippen LogP contribution is -2.59. The zero-order valence-electron chi connectivity index (χ0n) is 23.9. The van der Waals surface area contributed by atoms with E-state index in [1.165, 1.54) is 22.9 Å². The van der Waals surface area contributed by atoms with Crippen LogP contribution in [0.15, 0.2) is 73.1 Å². The molecule has 0 spiro atoms. The zero-order valence-corrected chi connectivity index (χ0v) is 23.9. The first-order valence-electron chi connectivity index (χ1n) is 14.0. The first-order chi connectivity index (χ1) is 21.2. The fourth-order valence-corrected chi connectivity index (χ4v) is 6.09. The van der Waals surface area contributed by atoms with Crippen LogP contribution in [0.5, 0.6) is 0 Å². The second-order valence-corrected chi connectivity index (χ2v) is 11.2. The van der Waals surface area contributed by atoms with Gasteiger partial charge in [0.15, 0.2) is 5.69 Å². The van der Waals surface area contributed by atoms with Crippen molar-refractivity contribution in [2.24, 2.45) is 0 Å². The molecule has 2 aliphatic heterocycles. The minimum absolute atomic E-state index is 0.0671. The van der Waals surface area contributed by atoms with Gasteiger partial charge in [-0.1, -0.05) is 6.07 Å². The second kappa shape index (κ2) is 11.0. The average Bonchev–Trinajstić information content (AvgIpc) is 3.57. The number of nitrogens with zero attached hydrogens (tertiary/aromatic N) is 5. The number of alkyl halides is 6. The molecule has 4 aromatic rings. The number of pyridine rings is 1. The Morgan fingerprint density at radius 3 is 2.04 bits per heavy atom. The van der Waals surface area contributed by atoms with Crippen molar-refractivity contribution in [1.29, 1.82) is 0 Å². The molecule has 2 amide bonds. The summed E-state index contributed by atoms with van der Waals surface area (Å²) < 4.78 is 80.7. The normalized spacial score (nSPS) is 20.7. The number of fused-ring (bicyclic) bond motifs is 1. The van der Waals surface area contributed by atoms with Crippen LogP contribution in [-0.2, 0) is 17.1 Å². The minimum Gasteiger partial charge on any atom is -0.329 e. The van der Waals surface area contributed by atoms with Crippen molar-refractivity contribution in [3.05, 3.63) is 95.4 Å². The summed E-state index contributed by atoms with van der Waals surface area (Å²) in [4.78, 5) is 34.4. The molecular formula is C31H26F6N6O2. The third-order valence-corrected chi connectivity index (χ3v) is 8.07. The Labute approximate surface area is 253 Å². The van der Waals surface area contributed by atoms with Crippen molar-refractivity contribution in [3.63, 3.8) is 0 Å². The number of hydrogen-bond donors (Lipinski definition) is 1. The summed E-state index contributed by atoms with van der Waals surface area (Å²) >= 11 is 0. The lowest BCUT2D eigenvalue weighted by molar-refractivity contribution is -0.138. The molecule has 2 aromatic heterocycles. The van der Waals surface area contributed by atoms with Crippen LogP contribution in [0.3, 0.4) is 0 Å². The van der Waals surface area contributed by atoms with E-state index >= 15 is 0 Å². The highest BCUT2D eigenvalue weighted by Gasteiger charge is 2.43. The van der Waals surface area contributed by atoms with E-state index < -0.39 is 53.4 Å². The third kappa shape index (κ3) is 5.65. The number of nitrogens with one attached hydrogen (secondary N) is 1. The van der Waals surface area contributed by atoms with Gasteiger partial charge in [-0.05, 0) is 68.4 Å². The number of amides is 2. The van der Waals surface area contributed by atoms with E-state index in [0.717, 1.165) is 24.3 Å². The zero-order chi connectivity index (χ0) is 32.3. The Morgan fingerprint density at radius 2 is 1.44 bits per heavy atom. The van der Waals surface area contributed by atoms with Crippen LogP contribution in [-0.4, -0.2) is 61.6 Å². The van der Waals surface area contributed by atoms with Crippen LogP contribution in [0.2, 0.25) is 0 Å². The number of carbonyl (C=O) groups is 2. The van der Waals surface area contributed by atoms with Gasteiger partial charge in [0.25, 0.3) is 5.91 Å². The number of hydrogen-bond acceptors (Lipinski definition) is 5. The molecule has 0 aliphatic carbocycles. The molecule has 4 heterocycles. The van der Waals surface area contributed by atoms with Gasteiger partial charge in [-0.3, -0.25) is 19.5 Å². The molecule has 1 saturated heterocycles. The van der Waals surface area contributed by atoms with E-state index in [1.54, 1.807) is 49.3 Å². The van der Waals surface area contributed by atoms with Crippen molar-refractivity contribution in [1.82, 2.24) is 24.6 Å². The van der Waals surface area contributed by atoms with Crippen LogP contribution in [0, 0.1) is 0 Å². The van der Waals surface area contributed by atoms with Crippen LogP contribution >= 0.6 is 0 Å². The third-order valence-electron chi connectivity index (χ3n) is 8.07. The highest BCUT2D eigenvalue weighted by molar-refractivity contribution is 6.02. The van der Waals surface area contributed by atoms with Gasteiger partial charge < -0.3 is 10.2 Å². The van der Waals surface area contributed by atoms with Gasteiger partial charge in [0.2, 0.25) is 5.91 Å². The molecule has 1 fully saturated rings. The monoisotopic (exact) mass is 628 g/mol. The fourth-order valence-electron chi connectivity index (χ4n) is 6.09. The van der Waals surface area contributed by atoms with Crippen molar-refractivity contribution < 1.29 is 35.9 Å². The maximum absolute atomic E-state index is 13.9. The first-order valence-corrected chi connectivity index (χ1v) is 14.0. The highest BCUT2D eigenvalue weighted by atomic mass is 19.4. The van der Waals surface area contributed by atoms with Gasteiger partial charge in [-0.2, -0.15) is 31.4 Å². The summed E-state index contributed by atoms with van der Waals surface area (Å²) in [6.07, 6.45) is -5.97. The quantitative estimate of drug-likeness (QED) is 0.272. The number of anilines is 1. The maximum Gasteiger partial charge on any atom is 0.416 e. The Hall–Kier alpha value is -4.72. The van der Waals surface area contributed by atoms with E-state index in [1.807, 2.05) is 4.90 Å². The summed E-state index contributed by atoms with van der Waals surface area (Å²) in [6.45, 7) is 4.12. The largest absolute Gasteiger partial charge is 0.416 e. The number of piperazine rings is 1. The smallest absolute Gasteiger partial charge is 0.329 e. The maximum atomic E-state index is 13.9. The second-order valence-electron chi connectivity index (χ2n) is 11.2.